The molecular formula is C12H19F2N3. The van der Waals surface area contributed by atoms with Crippen molar-refractivity contribution in [3.63, 3.8) is 0 Å². The normalized spacial score (nSPS) is 11.2. The minimum absolute atomic E-state index is 0.265. The number of rotatable bonds is 6. The molecule has 96 valence electrons. The van der Waals surface area contributed by atoms with Gasteiger partial charge in [0, 0.05) is 43.3 Å². The highest BCUT2D eigenvalue weighted by Gasteiger charge is 2.12. The van der Waals surface area contributed by atoms with Crippen molar-refractivity contribution in [1.29, 1.82) is 0 Å². The van der Waals surface area contributed by atoms with Gasteiger partial charge < -0.3 is 10.2 Å². The van der Waals surface area contributed by atoms with E-state index in [-0.39, 0.29) is 6.54 Å². The van der Waals surface area contributed by atoms with E-state index in [1.165, 1.54) is 0 Å². The maximum Gasteiger partial charge on any atom is 0.255 e. The van der Waals surface area contributed by atoms with Crippen LogP contribution in [-0.4, -0.2) is 31.0 Å². The zero-order valence-corrected chi connectivity index (χ0v) is 10.5. The molecule has 0 spiro atoms. The lowest BCUT2D eigenvalue weighted by Gasteiger charge is -2.22. The number of nitrogens with one attached hydrogen (secondary N) is 1. The average Bonchev–Trinajstić information content (AvgIpc) is 2.25. The number of anilines is 1. The molecule has 0 radical (unpaired) electrons. The van der Waals surface area contributed by atoms with E-state index in [4.69, 9.17) is 0 Å². The summed E-state index contributed by atoms with van der Waals surface area (Å²) in [7, 11) is 1.67. The predicted octanol–water partition coefficient (Wildman–Crippen LogP) is 2.28. The molecule has 0 aliphatic carbocycles. The molecule has 0 aromatic carbocycles. The van der Waals surface area contributed by atoms with E-state index in [1.54, 1.807) is 30.4 Å². The third kappa shape index (κ3) is 4.65. The van der Waals surface area contributed by atoms with Gasteiger partial charge in [0.1, 0.15) is 0 Å². The number of aromatic nitrogens is 1. The molecular weight excluding hydrogens is 224 g/mol. The van der Waals surface area contributed by atoms with Gasteiger partial charge in [0.05, 0.1) is 6.54 Å². The minimum atomic E-state index is -2.33. The monoisotopic (exact) mass is 243 g/mol. The van der Waals surface area contributed by atoms with Gasteiger partial charge in [0.15, 0.2) is 0 Å². The van der Waals surface area contributed by atoms with Crippen LogP contribution < -0.4 is 10.2 Å². The van der Waals surface area contributed by atoms with Crippen molar-refractivity contribution in [2.75, 3.05) is 18.5 Å². The van der Waals surface area contributed by atoms with Crippen LogP contribution in [0.1, 0.15) is 19.4 Å². The second kappa shape index (κ2) is 6.49. The molecule has 0 atom stereocenters. The molecule has 0 saturated heterocycles. The first kappa shape index (κ1) is 13.8. The Hall–Kier alpha value is -1.23. The van der Waals surface area contributed by atoms with Gasteiger partial charge in [-0.05, 0) is 6.07 Å². The Kier molecular flexibility index (Phi) is 5.28. The van der Waals surface area contributed by atoms with Crippen LogP contribution in [-0.2, 0) is 6.54 Å². The van der Waals surface area contributed by atoms with Crippen molar-refractivity contribution in [3.05, 3.63) is 24.0 Å². The van der Waals surface area contributed by atoms with Gasteiger partial charge in [-0.3, -0.25) is 4.98 Å². The maximum absolute atomic E-state index is 12.3. The largest absolute Gasteiger partial charge is 0.369 e. The third-order valence-corrected chi connectivity index (χ3v) is 2.40. The van der Waals surface area contributed by atoms with Gasteiger partial charge in [-0.2, -0.15) is 0 Å². The number of hydrogen-bond acceptors (Lipinski definition) is 3. The van der Waals surface area contributed by atoms with Crippen molar-refractivity contribution >= 4 is 5.69 Å². The lowest BCUT2D eigenvalue weighted by atomic mass is 10.2. The van der Waals surface area contributed by atoms with Crippen LogP contribution in [0.4, 0.5) is 14.5 Å². The molecule has 1 rings (SSSR count). The summed E-state index contributed by atoms with van der Waals surface area (Å²) in [4.78, 5) is 5.59. The molecule has 5 heteroatoms. The fourth-order valence-corrected chi connectivity index (χ4v) is 1.55. The molecule has 1 heterocycles. The standard InChI is InChI=1S/C12H19F2N3/c1-9(2)16-7-10-6-15-5-4-11(10)17(3)8-12(13)14/h4-6,9,12,16H,7-8H2,1-3H3. The quantitative estimate of drug-likeness (QED) is 0.830. The Morgan fingerprint density at radius 3 is 2.71 bits per heavy atom. The number of nitrogens with zero attached hydrogens (tertiary/aromatic N) is 2. The zero-order chi connectivity index (χ0) is 12.8. The fraction of sp³-hybridized carbons (Fsp3) is 0.583. The van der Waals surface area contributed by atoms with Crippen LogP contribution in [0.5, 0.6) is 0 Å². The third-order valence-electron chi connectivity index (χ3n) is 2.40. The molecule has 0 saturated carbocycles. The molecule has 1 aromatic rings. The molecule has 0 aliphatic rings. The molecule has 1 N–H and O–H groups in total. The molecule has 17 heavy (non-hydrogen) atoms. The van der Waals surface area contributed by atoms with Crippen LogP contribution in [0, 0.1) is 0 Å². The Morgan fingerprint density at radius 2 is 2.12 bits per heavy atom. The van der Waals surface area contributed by atoms with Gasteiger partial charge in [0.2, 0.25) is 0 Å². The van der Waals surface area contributed by atoms with E-state index in [1.807, 2.05) is 13.8 Å². The smallest absolute Gasteiger partial charge is 0.255 e. The van der Waals surface area contributed by atoms with Gasteiger partial charge in [-0.1, -0.05) is 13.8 Å². The van der Waals surface area contributed by atoms with Gasteiger partial charge >= 0.3 is 0 Å². The maximum atomic E-state index is 12.3. The summed E-state index contributed by atoms with van der Waals surface area (Å²) in [5, 5.41) is 3.26. The summed E-state index contributed by atoms with van der Waals surface area (Å²) in [6, 6.07) is 2.11. The number of pyridine rings is 1. The number of alkyl halides is 2. The fourth-order valence-electron chi connectivity index (χ4n) is 1.55. The van der Waals surface area contributed by atoms with Crippen LogP contribution >= 0.6 is 0 Å². The Bertz CT molecular complexity index is 342. The van der Waals surface area contributed by atoms with Crippen molar-refractivity contribution in [2.45, 2.75) is 32.9 Å². The van der Waals surface area contributed by atoms with E-state index in [0.29, 0.717) is 12.6 Å². The summed E-state index contributed by atoms with van der Waals surface area (Å²) >= 11 is 0. The Labute approximate surface area is 101 Å². The topological polar surface area (TPSA) is 28.2 Å². The SMILES string of the molecule is CC(C)NCc1cnccc1N(C)CC(F)F. The lowest BCUT2D eigenvalue weighted by molar-refractivity contribution is 0.156. The summed E-state index contributed by atoms with van der Waals surface area (Å²) < 4.78 is 24.7. The molecule has 0 aliphatic heterocycles. The molecule has 1 aromatic heterocycles. The van der Waals surface area contributed by atoms with Crippen molar-refractivity contribution in [3.8, 4) is 0 Å². The highest BCUT2D eigenvalue weighted by molar-refractivity contribution is 5.51. The molecule has 0 unspecified atom stereocenters. The first-order valence-electron chi connectivity index (χ1n) is 5.66. The van der Waals surface area contributed by atoms with E-state index in [2.05, 4.69) is 10.3 Å². The van der Waals surface area contributed by atoms with E-state index in [0.717, 1.165) is 11.3 Å². The number of hydrogen-bond donors (Lipinski definition) is 1. The van der Waals surface area contributed by atoms with E-state index >= 15 is 0 Å². The first-order valence-corrected chi connectivity index (χ1v) is 5.66. The van der Waals surface area contributed by atoms with Crippen molar-refractivity contribution < 1.29 is 8.78 Å². The van der Waals surface area contributed by atoms with E-state index < -0.39 is 6.43 Å². The summed E-state index contributed by atoms with van der Waals surface area (Å²) in [6.07, 6.45) is 1.00. The van der Waals surface area contributed by atoms with Crippen molar-refractivity contribution in [2.24, 2.45) is 0 Å². The van der Waals surface area contributed by atoms with Crippen molar-refractivity contribution in [1.82, 2.24) is 10.3 Å². The zero-order valence-electron chi connectivity index (χ0n) is 10.5. The second-order valence-corrected chi connectivity index (χ2v) is 4.31. The molecule has 0 bridgehead atoms. The highest BCUT2D eigenvalue weighted by atomic mass is 19.3. The van der Waals surface area contributed by atoms with Gasteiger partial charge in [-0.15, -0.1) is 0 Å². The van der Waals surface area contributed by atoms with E-state index in [9.17, 15) is 8.78 Å². The van der Waals surface area contributed by atoms with Crippen LogP contribution in [0.15, 0.2) is 18.5 Å². The summed E-state index contributed by atoms with van der Waals surface area (Å²) in [5.74, 6) is 0. The van der Waals surface area contributed by atoms with Crippen LogP contribution in [0.2, 0.25) is 0 Å². The summed E-state index contributed by atoms with van der Waals surface area (Å²) in [5.41, 5.74) is 1.73. The average molecular weight is 243 g/mol. The second-order valence-electron chi connectivity index (χ2n) is 4.31. The minimum Gasteiger partial charge on any atom is -0.369 e. The van der Waals surface area contributed by atoms with Crippen LogP contribution in [0.25, 0.3) is 0 Å². The molecule has 0 amide bonds. The van der Waals surface area contributed by atoms with Crippen LogP contribution in [0.3, 0.4) is 0 Å². The Balaban J connectivity index is 2.76. The molecule has 0 fully saturated rings. The summed E-state index contributed by atoms with van der Waals surface area (Å²) in [6.45, 7) is 4.45. The first-order chi connectivity index (χ1) is 8.00. The number of halogens is 2. The highest BCUT2D eigenvalue weighted by Crippen LogP contribution is 2.18. The molecule has 3 nitrogen and oxygen atoms in total. The van der Waals surface area contributed by atoms with Gasteiger partial charge in [-0.25, -0.2) is 8.78 Å². The van der Waals surface area contributed by atoms with Gasteiger partial charge in [0.25, 0.3) is 6.43 Å². The predicted molar refractivity (Wildman–Crippen MR) is 65.5 cm³/mol. The Morgan fingerprint density at radius 1 is 1.41 bits per heavy atom. The lowest BCUT2D eigenvalue weighted by Crippen LogP contribution is -2.27.